The normalized spacial score (nSPS) is 11.8. The van der Waals surface area contributed by atoms with Gasteiger partial charge in [-0.15, -0.1) is 0 Å². The van der Waals surface area contributed by atoms with Crippen LogP contribution in [0.2, 0.25) is 10.0 Å². The van der Waals surface area contributed by atoms with Gasteiger partial charge in [0.15, 0.2) is 11.5 Å². The molecular formula is C37H41Cl2N3O7S. The summed E-state index contributed by atoms with van der Waals surface area (Å²) < 4.78 is 46.2. The van der Waals surface area contributed by atoms with Gasteiger partial charge in [0.2, 0.25) is 11.8 Å². The molecule has 0 heterocycles. The maximum absolute atomic E-state index is 14.7. The first-order valence-electron chi connectivity index (χ1n) is 15.9. The van der Waals surface area contributed by atoms with Crippen molar-refractivity contribution in [3.8, 4) is 17.2 Å². The fourth-order valence-electron chi connectivity index (χ4n) is 5.30. The van der Waals surface area contributed by atoms with Gasteiger partial charge in [-0.2, -0.15) is 0 Å². The number of carbonyl (C=O) groups is 2. The number of sulfonamides is 1. The SMILES string of the molecule is CCOc1ccc(N(CC(=O)N(Cc2c(Cl)cccc2Cl)[C@H](Cc2ccccc2)C(=O)NC(C)C)S(=O)(=O)c2ccc(OC)c(OC)c2)cc1. The van der Waals surface area contributed by atoms with Crippen molar-refractivity contribution >= 4 is 50.7 Å². The van der Waals surface area contributed by atoms with Crippen molar-refractivity contribution in [1.29, 1.82) is 0 Å². The standard InChI is InChI=1S/C37H41Cl2N3O7S/c1-6-49-28-17-15-27(16-18-28)42(50(45,46)29-19-20-34(47-4)35(22-29)48-5)24-36(43)41(23-30-31(38)13-10-14-32(30)39)33(37(44)40-25(2)3)21-26-11-8-7-9-12-26/h7-20,22,25,33H,6,21,23-24H2,1-5H3,(H,40,44)/t33-/m1/s1. The molecule has 4 aromatic carbocycles. The number of nitrogens with zero attached hydrogens (tertiary/aromatic N) is 2. The van der Waals surface area contributed by atoms with E-state index in [4.69, 9.17) is 37.4 Å². The lowest BCUT2D eigenvalue weighted by molar-refractivity contribution is -0.140. The minimum absolute atomic E-state index is 0.138. The van der Waals surface area contributed by atoms with Gasteiger partial charge in [-0.1, -0.05) is 59.6 Å². The first-order chi connectivity index (χ1) is 23.9. The smallest absolute Gasteiger partial charge is 0.264 e. The summed E-state index contributed by atoms with van der Waals surface area (Å²) in [5.41, 5.74) is 1.40. The third-order valence-corrected chi connectivity index (χ3v) is 10.2. The highest BCUT2D eigenvalue weighted by Crippen LogP contribution is 2.33. The van der Waals surface area contributed by atoms with E-state index in [1.807, 2.05) is 51.1 Å². The van der Waals surface area contributed by atoms with Crippen LogP contribution in [0.5, 0.6) is 17.2 Å². The molecule has 10 nitrogen and oxygen atoms in total. The average molecular weight is 743 g/mol. The minimum atomic E-state index is -4.42. The Morgan fingerprint density at radius 2 is 1.48 bits per heavy atom. The molecule has 4 rings (SSSR count). The fraction of sp³-hybridized carbons (Fsp3) is 0.297. The van der Waals surface area contributed by atoms with E-state index in [-0.39, 0.29) is 35.3 Å². The number of hydrogen-bond donors (Lipinski definition) is 1. The molecule has 0 radical (unpaired) electrons. The average Bonchev–Trinajstić information content (AvgIpc) is 3.10. The lowest BCUT2D eigenvalue weighted by Crippen LogP contribution is -2.54. The van der Waals surface area contributed by atoms with Crippen molar-refractivity contribution < 1.29 is 32.2 Å². The van der Waals surface area contributed by atoms with Gasteiger partial charge in [0.1, 0.15) is 18.3 Å². The Kier molecular flexibility index (Phi) is 13.4. The number of benzene rings is 4. The van der Waals surface area contributed by atoms with Crippen LogP contribution in [0.25, 0.3) is 0 Å². The lowest BCUT2D eigenvalue weighted by atomic mass is 10.0. The predicted molar refractivity (Wildman–Crippen MR) is 196 cm³/mol. The van der Waals surface area contributed by atoms with E-state index in [0.29, 0.717) is 33.7 Å². The van der Waals surface area contributed by atoms with Gasteiger partial charge in [0.05, 0.1) is 31.4 Å². The van der Waals surface area contributed by atoms with Crippen molar-refractivity contribution in [2.24, 2.45) is 0 Å². The molecule has 0 bridgehead atoms. The van der Waals surface area contributed by atoms with E-state index in [2.05, 4.69) is 5.32 Å². The third kappa shape index (κ3) is 9.41. The van der Waals surface area contributed by atoms with Crippen LogP contribution >= 0.6 is 23.2 Å². The van der Waals surface area contributed by atoms with Crippen LogP contribution in [-0.4, -0.2) is 64.6 Å². The molecule has 4 aromatic rings. The van der Waals surface area contributed by atoms with Crippen molar-refractivity contribution in [3.05, 3.63) is 112 Å². The molecule has 1 atom stereocenters. The number of anilines is 1. The number of methoxy groups -OCH3 is 2. The van der Waals surface area contributed by atoms with Crippen LogP contribution in [-0.2, 0) is 32.6 Å². The van der Waals surface area contributed by atoms with Crippen LogP contribution in [0.3, 0.4) is 0 Å². The van der Waals surface area contributed by atoms with Gasteiger partial charge in [0, 0.05) is 40.7 Å². The number of hydrogen-bond acceptors (Lipinski definition) is 7. The summed E-state index contributed by atoms with van der Waals surface area (Å²) in [6.45, 7) is 5.03. The van der Waals surface area contributed by atoms with E-state index >= 15 is 0 Å². The summed E-state index contributed by atoms with van der Waals surface area (Å²) in [6.07, 6.45) is 0.138. The van der Waals surface area contributed by atoms with Gasteiger partial charge in [-0.25, -0.2) is 8.42 Å². The molecule has 0 aliphatic carbocycles. The van der Waals surface area contributed by atoms with Crippen LogP contribution in [0, 0.1) is 0 Å². The lowest BCUT2D eigenvalue weighted by Gasteiger charge is -2.34. The number of amides is 2. The second-order valence-corrected chi connectivity index (χ2v) is 14.2. The summed E-state index contributed by atoms with van der Waals surface area (Å²) in [6, 6.07) is 23.4. The van der Waals surface area contributed by atoms with Crippen molar-refractivity contribution in [2.75, 3.05) is 31.7 Å². The Hall–Kier alpha value is -4.45. The maximum Gasteiger partial charge on any atom is 0.264 e. The molecule has 0 saturated carbocycles. The van der Waals surface area contributed by atoms with Gasteiger partial charge < -0.3 is 24.4 Å². The fourth-order valence-corrected chi connectivity index (χ4v) is 7.24. The van der Waals surface area contributed by atoms with Crippen molar-refractivity contribution in [2.45, 2.75) is 50.7 Å². The molecule has 0 aliphatic rings. The largest absolute Gasteiger partial charge is 0.494 e. The minimum Gasteiger partial charge on any atom is -0.494 e. The van der Waals surface area contributed by atoms with Crippen molar-refractivity contribution in [3.63, 3.8) is 0 Å². The molecule has 266 valence electrons. The van der Waals surface area contributed by atoms with Crippen LogP contribution in [0.1, 0.15) is 31.9 Å². The molecule has 2 amide bonds. The maximum atomic E-state index is 14.7. The highest BCUT2D eigenvalue weighted by molar-refractivity contribution is 7.92. The number of halogens is 2. The van der Waals surface area contributed by atoms with E-state index in [1.165, 1.54) is 37.3 Å². The Morgan fingerprint density at radius 3 is 2.06 bits per heavy atom. The van der Waals surface area contributed by atoms with Crippen LogP contribution in [0.15, 0.2) is 95.9 Å². The highest BCUT2D eigenvalue weighted by Gasteiger charge is 2.35. The topological polar surface area (TPSA) is 114 Å². The molecule has 0 aliphatic heterocycles. The summed E-state index contributed by atoms with van der Waals surface area (Å²) in [5, 5.41) is 3.51. The quantitative estimate of drug-likeness (QED) is 0.135. The van der Waals surface area contributed by atoms with Gasteiger partial charge >= 0.3 is 0 Å². The van der Waals surface area contributed by atoms with Gasteiger partial charge in [-0.05, 0) is 74.9 Å². The zero-order chi connectivity index (χ0) is 36.4. The third-order valence-electron chi connectivity index (χ3n) is 7.75. The molecule has 0 fully saturated rings. The first-order valence-corrected chi connectivity index (χ1v) is 18.1. The van der Waals surface area contributed by atoms with Crippen LogP contribution < -0.4 is 23.8 Å². The highest BCUT2D eigenvalue weighted by atomic mass is 35.5. The van der Waals surface area contributed by atoms with E-state index < -0.39 is 34.4 Å². The molecule has 0 saturated heterocycles. The molecule has 0 aromatic heterocycles. The Labute approximate surface area is 303 Å². The van der Waals surface area contributed by atoms with Gasteiger partial charge in [-0.3, -0.25) is 13.9 Å². The summed E-state index contributed by atoms with van der Waals surface area (Å²) >= 11 is 13.2. The van der Waals surface area contributed by atoms with Crippen LogP contribution in [0.4, 0.5) is 5.69 Å². The van der Waals surface area contributed by atoms with E-state index in [9.17, 15) is 18.0 Å². The Morgan fingerprint density at radius 1 is 0.840 bits per heavy atom. The zero-order valence-electron chi connectivity index (χ0n) is 28.6. The van der Waals surface area contributed by atoms with E-state index in [1.54, 1.807) is 42.5 Å². The second kappa shape index (κ2) is 17.5. The molecule has 1 N–H and O–H groups in total. The summed E-state index contributed by atoms with van der Waals surface area (Å²) in [4.78, 5) is 29.9. The van der Waals surface area contributed by atoms with Crippen molar-refractivity contribution in [1.82, 2.24) is 10.2 Å². The van der Waals surface area contributed by atoms with Gasteiger partial charge in [0.25, 0.3) is 10.0 Å². The summed E-state index contributed by atoms with van der Waals surface area (Å²) in [7, 11) is -1.58. The molecule has 50 heavy (non-hydrogen) atoms. The number of ether oxygens (including phenoxy) is 3. The zero-order valence-corrected chi connectivity index (χ0v) is 30.9. The molecule has 0 spiro atoms. The number of rotatable bonds is 16. The second-order valence-electron chi connectivity index (χ2n) is 11.5. The Bertz CT molecular complexity index is 1850. The number of nitrogens with one attached hydrogen (secondary N) is 1. The number of carbonyl (C=O) groups excluding carboxylic acids is 2. The Balaban J connectivity index is 1.87. The monoisotopic (exact) mass is 741 g/mol. The first kappa shape index (κ1) is 38.4. The molecule has 13 heteroatoms. The molecular weight excluding hydrogens is 701 g/mol. The predicted octanol–water partition coefficient (Wildman–Crippen LogP) is 6.77. The van der Waals surface area contributed by atoms with E-state index in [0.717, 1.165) is 9.87 Å². The molecule has 0 unspecified atom stereocenters. The summed E-state index contributed by atoms with van der Waals surface area (Å²) in [5.74, 6) is -0.0449.